The zero-order valence-corrected chi connectivity index (χ0v) is 16.8. The van der Waals surface area contributed by atoms with Crippen molar-refractivity contribution in [3.05, 3.63) is 65.1 Å². The first-order chi connectivity index (χ1) is 13.4. The first kappa shape index (κ1) is 18.5. The predicted molar refractivity (Wildman–Crippen MR) is 107 cm³/mol. The highest BCUT2D eigenvalue weighted by Crippen LogP contribution is 2.48. The molecule has 6 nitrogen and oxygen atoms in total. The van der Waals surface area contributed by atoms with E-state index in [1.165, 1.54) is 24.7 Å². The molecule has 1 saturated carbocycles. The number of carbonyl (C=O) groups is 1. The average Bonchev–Trinajstić information content (AvgIpc) is 3.06. The SMILES string of the molecule is COC(=O)NC(C)(C)c1cccn2c(C3(c4ccc(C)cc4)CCC3)nnc12. The molecule has 2 aromatic heterocycles. The molecule has 0 unspecified atom stereocenters. The summed E-state index contributed by atoms with van der Waals surface area (Å²) in [6.45, 7) is 5.98. The van der Waals surface area contributed by atoms with E-state index in [1.54, 1.807) is 0 Å². The Balaban J connectivity index is 1.82. The van der Waals surface area contributed by atoms with Crippen LogP contribution in [-0.4, -0.2) is 27.8 Å². The third kappa shape index (κ3) is 2.84. The zero-order chi connectivity index (χ0) is 19.9. The van der Waals surface area contributed by atoms with Gasteiger partial charge in [-0.25, -0.2) is 4.79 Å². The topological polar surface area (TPSA) is 68.5 Å². The minimum atomic E-state index is -0.642. The van der Waals surface area contributed by atoms with Crippen molar-refractivity contribution >= 4 is 11.7 Å². The summed E-state index contributed by atoms with van der Waals surface area (Å²) in [4.78, 5) is 11.8. The Morgan fingerprint density at radius 2 is 1.89 bits per heavy atom. The predicted octanol–water partition coefficient (Wildman–Crippen LogP) is 4.10. The summed E-state index contributed by atoms with van der Waals surface area (Å²) in [5.41, 5.74) is 3.45. The van der Waals surface area contributed by atoms with Crippen LogP contribution in [-0.2, 0) is 15.7 Å². The molecule has 2 heterocycles. The van der Waals surface area contributed by atoms with Crippen molar-refractivity contribution in [2.24, 2.45) is 0 Å². The number of methoxy groups -OCH3 is 1. The summed E-state index contributed by atoms with van der Waals surface area (Å²) in [6, 6.07) is 12.7. The number of fused-ring (bicyclic) bond motifs is 1. The van der Waals surface area contributed by atoms with Crippen molar-refractivity contribution in [3.8, 4) is 0 Å². The fourth-order valence-electron chi connectivity index (χ4n) is 4.15. The number of carbonyl (C=O) groups excluding carboxylic acids is 1. The fourth-order valence-corrected chi connectivity index (χ4v) is 4.15. The Kier molecular flexibility index (Phi) is 4.37. The molecule has 0 aliphatic heterocycles. The normalized spacial score (nSPS) is 15.9. The summed E-state index contributed by atoms with van der Waals surface area (Å²) in [7, 11) is 1.36. The van der Waals surface area contributed by atoms with Gasteiger partial charge in [-0.05, 0) is 45.2 Å². The third-order valence-electron chi connectivity index (χ3n) is 5.95. The Hall–Kier alpha value is -2.89. The maximum absolute atomic E-state index is 11.8. The summed E-state index contributed by atoms with van der Waals surface area (Å²) in [5.74, 6) is 0.966. The zero-order valence-electron chi connectivity index (χ0n) is 16.8. The van der Waals surface area contributed by atoms with Crippen LogP contribution in [0, 0.1) is 6.92 Å². The molecule has 1 aliphatic rings. The fraction of sp³-hybridized carbons (Fsp3) is 0.409. The van der Waals surface area contributed by atoms with E-state index in [9.17, 15) is 4.79 Å². The molecule has 0 radical (unpaired) electrons. The average molecular weight is 378 g/mol. The van der Waals surface area contributed by atoms with Crippen LogP contribution < -0.4 is 5.32 Å². The number of nitrogens with zero attached hydrogens (tertiary/aromatic N) is 3. The van der Waals surface area contributed by atoms with Crippen LogP contribution >= 0.6 is 0 Å². The summed E-state index contributed by atoms with van der Waals surface area (Å²) >= 11 is 0. The number of rotatable bonds is 4. The number of benzene rings is 1. The molecule has 1 aliphatic carbocycles. The molecule has 0 atom stereocenters. The standard InChI is InChI=1S/C22H26N4O2/c1-15-8-10-16(11-9-15)22(12-6-13-22)19-25-24-18-17(7-5-14-26(18)19)21(2,3)23-20(27)28-4/h5,7-11,14H,6,12-13H2,1-4H3,(H,23,27). The molecule has 28 heavy (non-hydrogen) atoms. The van der Waals surface area contributed by atoms with Crippen LogP contribution in [0.2, 0.25) is 0 Å². The van der Waals surface area contributed by atoms with E-state index in [0.717, 1.165) is 29.9 Å². The van der Waals surface area contributed by atoms with Gasteiger partial charge in [-0.1, -0.05) is 42.3 Å². The minimum Gasteiger partial charge on any atom is -0.453 e. The molecule has 1 aromatic carbocycles. The lowest BCUT2D eigenvalue weighted by molar-refractivity contribution is 0.159. The summed E-state index contributed by atoms with van der Waals surface area (Å²) < 4.78 is 6.86. The van der Waals surface area contributed by atoms with Gasteiger partial charge in [-0.3, -0.25) is 4.40 Å². The molecule has 1 N–H and O–H groups in total. The van der Waals surface area contributed by atoms with Crippen LogP contribution in [0.1, 0.15) is 55.6 Å². The monoisotopic (exact) mass is 378 g/mol. The largest absolute Gasteiger partial charge is 0.453 e. The highest BCUT2D eigenvalue weighted by atomic mass is 16.5. The summed E-state index contributed by atoms with van der Waals surface area (Å²) in [6.07, 6.45) is 4.84. The quantitative estimate of drug-likeness (QED) is 0.742. The lowest BCUT2D eigenvalue weighted by atomic mass is 9.63. The number of aryl methyl sites for hydroxylation is 1. The number of amides is 1. The van der Waals surface area contributed by atoms with Crippen LogP contribution in [0.15, 0.2) is 42.6 Å². The van der Waals surface area contributed by atoms with Crippen LogP contribution in [0.3, 0.4) is 0 Å². The molecule has 3 aromatic rings. The summed E-state index contributed by atoms with van der Waals surface area (Å²) in [5, 5.41) is 12.0. The van der Waals surface area contributed by atoms with Crippen LogP contribution in [0.4, 0.5) is 4.79 Å². The highest BCUT2D eigenvalue weighted by molar-refractivity contribution is 5.69. The molecule has 146 valence electrons. The van der Waals surface area contributed by atoms with E-state index < -0.39 is 11.6 Å². The van der Waals surface area contributed by atoms with E-state index in [1.807, 2.05) is 32.2 Å². The third-order valence-corrected chi connectivity index (χ3v) is 5.95. The minimum absolute atomic E-state index is 0.105. The molecule has 0 bridgehead atoms. The highest BCUT2D eigenvalue weighted by Gasteiger charge is 2.44. The second kappa shape index (κ2) is 6.62. The van der Waals surface area contributed by atoms with Crippen molar-refractivity contribution in [1.82, 2.24) is 19.9 Å². The Morgan fingerprint density at radius 3 is 2.50 bits per heavy atom. The maximum Gasteiger partial charge on any atom is 0.407 e. The van der Waals surface area contributed by atoms with Gasteiger partial charge in [0.1, 0.15) is 5.82 Å². The van der Waals surface area contributed by atoms with Crippen molar-refractivity contribution in [2.75, 3.05) is 7.11 Å². The number of hydrogen-bond donors (Lipinski definition) is 1. The van der Waals surface area contributed by atoms with E-state index in [0.29, 0.717) is 0 Å². The van der Waals surface area contributed by atoms with E-state index >= 15 is 0 Å². The second-order valence-corrected chi connectivity index (χ2v) is 8.18. The Labute approximate surface area is 164 Å². The lowest BCUT2D eigenvalue weighted by Crippen LogP contribution is -2.41. The molecule has 0 saturated heterocycles. The molecule has 0 spiro atoms. The van der Waals surface area contributed by atoms with Gasteiger partial charge < -0.3 is 10.1 Å². The van der Waals surface area contributed by atoms with Crippen LogP contribution in [0.5, 0.6) is 0 Å². The van der Waals surface area contributed by atoms with Gasteiger partial charge in [0.15, 0.2) is 5.65 Å². The van der Waals surface area contributed by atoms with E-state index in [4.69, 9.17) is 4.74 Å². The Bertz CT molecular complexity index is 1020. The van der Waals surface area contributed by atoms with Crippen molar-refractivity contribution in [1.29, 1.82) is 0 Å². The number of alkyl carbamates (subject to hydrolysis) is 1. The molecular weight excluding hydrogens is 352 g/mol. The lowest BCUT2D eigenvalue weighted by Gasteiger charge is -2.41. The van der Waals surface area contributed by atoms with Gasteiger partial charge >= 0.3 is 6.09 Å². The molecular formula is C22H26N4O2. The number of nitrogens with one attached hydrogen (secondary N) is 1. The van der Waals surface area contributed by atoms with Gasteiger partial charge in [-0.15, -0.1) is 10.2 Å². The molecule has 1 fully saturated rings. The van der Waals surface area contributed by atoms with Gasteiger partial charge in [0.05, 0.1) is 18.1 Å². The number of hydrogen-bond acceptors (Lipinski definition) is 4. The van der Waals surface area contributed by atoms with Crippen molar-refractivity contribution < 1.29 is 9.53 Å². The number of pyridine rings is 1. The van der Waals surface area contributed by atoms with Gasteiger partial charge in [0.2, 0.25) is 0 Å². The van der Waals surface area contributed by atoms with E-state index in [-0.39, 0.29) is 5.41 Å². The number of aromatic nitrogens is 3. The van der Waals surface area contributed by atoms with Crippen LogP contribution in [0.25, 0.3) is 5.65 Å². The second-order valence-electron chi connectivity index (χ2n) is 8.18. The molecule has 1 amide bonds. The van der Waals surface area contributed by atoms with E-state index in [2.05, 4.69) is 51.1 Å². The maximum atomic E-state index is 11.8. The van der Waals surface area contributed by atoms with Gasteiger partial charge in [0.25, 0.3) is 0 Å². The van der Waals surface area contributed by atoms with Gasteiger partial charge in [-0.2, -0.15) is 0 Å². The Morgan fingerprint density at radius 1 is 1.18 bits per heavy atom. The molecule has 4 rings (SSSR count). The molecule has 6 heteroatoms. The first-order valence-electron chi connectivity index (χ1n) is 9.65. The van der Waals surface area contributed by atoms with Crippen molar-refractivity contribution in [2.45, 2.75) is 51.0 Å². The number of ether oxygens (including phenoxy) is 1. The van der Waals surface area contributed by atoms with Gasteiger partial charge in [0, 0.05) is 11.8 Å². The van der Waals surface area contributed by atoms with Crippen molar-refractivity contribution in [3.63, 3.8) is 0 Å². The smallest absolute Gasteiger partial charge is 0.407 e. The first-order valence-corrected chi connectivity index (χ1v) is 9.65.